The van der Waals surface area contributed by atoms with E-state index in [9.17, 15) is 0 Å². The number of hydrogen-bond acceptors (Lipinski definition) is 2. The van der Waals surface area contributed by atoms with Crippen LogP contribution in [-0.4, -0.2) is 21.4 Å². The molecule has 42 heavy (non-hydrogen) atoms. The summed E-state index contributed by atoms with van der Waals surface area (Å²) < 4.78 is 0. The molecule has 198 valence electrons. The van der Waals surface area contributed by atoms with Crippen molar-refractivity contribution in [2.75, 3.05) is 0 Å². The van der Waals surface area contributed by atoms with Gasteiger partial charge in [-0.3, -0.25) is 4.99 Å². The number of aromatic nitrogens is 2. The van der Waals surface area contributed by atoms with Gasteiger partial charge in [-0.25, -0.2) is 4.99 Å². The van der Waals surface area contributed by atoms with Gasteiger partial charge >= 0.3 is 0 Å². The minimum absolute atomic E-state index is 0.578. The van der Waals surface area contributed by atoms with E-state index < -0.39 is 5.54 Å². The Morgan fingerprint density at radius 2 is 1.45 bits per heavy atom. The lowest BCUT2D eigenvalue weighted by Crippen LogP contribution is -2.23. The van der Waals surface area contributed by atoms with Crippen LogP contribution in [-0.2, 0) is 12.0 Å². The molecule has 0 saturated carbocycles. The summed E-state index contributed by atoms with van der Waals surface area (Å²) in [6.07, 6.45) is 15.6. The highest BCUT2D eigenvalue weighted by Gasteiger charge is 2.35. The van der Waals surface area contributed by atoms with Gasteiger partial charge in [-0.1, -0.05) is 60.7 Å². The fraction of sp³-hybridized carbons (Fsp3) is 0.0526. The first-order valence-corrected chi connectivity index (χ1v) is 14.4. The fourth-order valence-corrected chi connectivity index (χ4v) is 6.68. The molecule has 3 aliphatic heterocycles. The lowest BCUT2D eigenvalue weighted by atomic mass is 9.82. The minimum Gasteiger partial charge on any atom is -0.359 e. The average Bonchev–Trinajstić information content (AvgIpc) is 3.82. The molecule has 1 unspecified atom stereocenters. The number of rotatable bonds is 1. The van der Waals surface area contributed by atoms with Crippen molar-refractivity contribution in [1.29, 1.82) is 0 Å². The molecular formula is C38H26N4. The molecule has 0 saturated heterocycles. The summed E-state index contributed by atoms with van der Waals surface area (Å²) in [6.45, 7) is 0. The van der Waals surface area contributed by atoms with Crippen molar-refractivity contribution in [3.8, 4) is 0 Å². The van der Waals surface area contributed by atoms with Gasteiger partial charge in [-0.15, -0.1) is 0 Å². The Hall–Kier alpha value is -5.48. The molecule has 8 bridgehead atoms. The van der Waals surface area contributed by atoms with Crippen molar-refractivity contribution in [2.24, 2.45) is 9.98 Å². The maximum Gasteiger partial charge on any atom is 0.111 e. The number of nitrogens with zero attached hydrogens (tertiary/aromatic N) is 2. The zero-order chi connectivity index (χ0) is 27.7. The third kappa shape index (κ3) is 3.76. The second-order valence-electron chi connectivity index (χ2n) is 11.4. The zero-order valence-corrected chi connectivity index (χ0v) is 22.8. The first-order chi connectivity index (χ1) is 20.7. The van der Waals surface area contributed by atoms with Gasteiger partial charge in [0.1, 0.15) is 5.54 Å². The van der Waals surface area contributed by atoms with Crippen LogP contribution < -0.4 is 10.7 Å². The highest BCUT2D eigenvalue weighted by Crippen LogP contribution is 2.42. The molecule has 3 aliphatic rings. The van der Waals surface area contributed by atoms with Crippen LogP contribution in [0.25, 0.3) is 44.5 Å². The van der Waals surface area contributed by atoms with Crippen LogP contribution in [0.4, 0.5) is 0 Å². The standard InChI is InChI=1S/C38H26N4/c1-2-5-26-19-35-27(18-25(26)4-1)9-8-24-6-3-7-36(37(24)35)38-17-16-33(42-38)22-32-13-12-29(40-32)20-28-10-11-30(39-28)21-31-14-15-34(23-38)41-31/h1-22,39,41H,23H2. The number of aromatic amines is 2. The number of hydrogen-bond donors (Lipinski definition) is 2. The van der Waals surface area contributed by atoms with Gasteiger partial charge in [0.15, 0.2) is 0 Å². The molecule has 2 aromatic heterocycles. The summed E-state index contributed by atoms with van der Waals surface area (Å²) in [6, 6.07) is 32.9. The molecule has 1 atom stereocenters. The van der Waals surface area contributed by atoms with Crippen LogP contribution in [0, 0.1) is 0 Å². The third-order valence-corrected chi connectivity index (χ3v) is 8.60. The van der Waals surface area contributed by atoms with E-state index >= 15 is 0 Å². The quantitative estimate of drug-likeness (QED) is 0.172. The first-order valence-electron chi connectivity index (χ1n) is 14.4. The normalized spacial score (nSPS) is 19.1. The summed E-state index contributed by atoms with van der Waals surface area (Å²) in [5, 5.41) is 9.54. The number of fused-ring (bicyclic) bond motifs is 10. The van der Waals surface area contributed by atoms with Gasteiger partial charge in [0.25, 0.3) is 0 Å². The van der Waals surface area contributed by atoms with Gasteiger partial charge in [0.2, 0.25) is 0 Å². The highest BCUT2D eigenvalue weighted by molar-refractivity contribution is 6.20. The number of allylic oxidation sites excluding steroid dienone is 4. The number of nitrogens with one attached hydrogen (secondary N) is 2. The Morgan fingerprint density at radius 3 is 2.38 bits per heavy atom. The summed E-state index contributed by atoms with van der Waals surface area (Å²) in [5.41, 5.74) is 5.58. The zero-order valence-electron chi connectivity index (χ0n) is 22.8. The van der Waals surface area contributed by atoms with Crippen molar-refractivity contribution in [1.82, 2.24) is 9.97 Å². The van der Waals surface area contributed by atoms with Crippen molar-refractivity contribution < 1.29 is 0 Å². The predicted octanol–water partition coefficient (Wildman–Crippen LogP) is 6.77. The van der Waals surface area contributed by atoms with Crippen LogP contribution in [0.1, 0.15) is 17.0 Å². The van der Waals surface area contributed by atoms with Crippen LogP contribution in [0.15, 0.2) is 137 Å². The van der Waals surface area contributed by atoms with E-state index in [-0.39, 0.29) is 0 Å². The Labute approximate surface area is 242 Å². The lowest BCUT2D eigenvalue weighted by molar-refractivity contribution is 0.569. The lowest BCUT2D eigenvalue weighted by Gasteiger charge is -2.27. The van der Waals surface area contributed by atoms with Crippen LogP contribution in [0.3, 0.4) is 0 Å². The van der Waals surface area contributed by atoms with E-state index in [1.165, 1.54) is 37.9 Å². The summed E-state index contributed by atoms with van der Waals surface area (Å²) in [5.74, 6) is 0. The van der Waals surface area contributed by atoms with E-state index in [1.807, 2.05) is 0 Å². The van der Waals surface area contributed by atoms with Gasteiger partial charge in [0, 0.05) is 28.5 Å². The molecule has 6 aromatic rings. The maximum absolute atomic E-state index is 5.48. The molecule has 4 nitrogen and oxygen atoms in total. The first kappa shape index (κ1) is 23.2. The molecule has 4 heteroatoms. The minimum atomic E-state index is -0.578. The SMILES string of the molecule is C1=CC2=NC1=CC1=NC(c3cccc4ccc5cc6ccccc6cc5c34)(C=C1)Cc1ccc([nH]1)C=c1ccc([nH]1)=C2. The predicted molar refractivity (Wildman–Crippen MR) is 174 cm³/mol. The van der Waals surface area contributed by atoms with Gasteiger partial charge in [-0.05, 0) is 111 Å². The van der Waals surface area contributed by atoms with Crippen molar-refractivity contribution in [2.45, 2.75) is 12.0 Å². The molecule has 5 heterocycles. The Bertz CT molecular complexity index is 2390. The summed E-state index contributed by atoms with van der Waals surface area (Å²) >= 11 is 0. The second kappa shape index (κ2) is 8.76. The van der Waals surface area contributed by atoms with Crippen LogP contribution >= 0.6 is 0 Å². The number of H-pyrrole nitrogens is 2. The molecule has 0 radical (unpaired) electrons. The molecule has 0 spiro atoms. The van der Waals surface area contributed by atoms with Gasteiger partial charge < -0.3 is 9.97 Å². The number of benzene rings is 4. The fourth-order valence-electron chi connectivity index (χ4n) is 6.68. The maximum atomic E-state index is 5.48. The number of aliphatic imine (C=N–C) groups is 2. The van der Waals surface area contributed by atoms with E-state index in [0.29, 0.717) is 6.42 Å². The summed E-state index contributed by atoms with van der Waals surface area (Å²) in [4.78, 5) is 17.5. The van der Waals surface area contributed by atoms with E-state index in [2.05, 4.69) is 143 Å². The van der Waals surface area contributed by atoms with Gasteiger partial charge in [0.05, 0.1) is 17.1 Å². The monoisotopic (exact) mass is 538 g/mol. The Kier molecular flexibility index (Phi) is 4.85. The largest absolute Gasteiger partial charge is 0.359 e. The van der Waals surface area contributed by atoms with E-state index in [0.717, 1.165) is 39.2 Å². The van der Waals surface area contributed by atoms with Crippen LogP contribution in [0.5, 0.6) is 0 Å². The third-order valence-electron chi connectivity index (χ3n) is 8.60. The topological polar surface area (TPSA) is 56.3 Å². The molecule has 4 aromatic carbocycles. The Morgan fingerprint density at radius 1 is 0.619 bits per heavy atom. The average molecular weight is 539 g/mol. The van der Waals surface area contributed by atoms with E-state index in [1.54, 1.807) is 0 Å². The smallest absolute Gasteiger partial charge is 0.111 e. The second-order valence-corrected chi connectivity index (χ2v) is 11.4. The van der Waals surface area contributed by atoms with Crippen molar-refractivity contribution >= 4 is 55.9 Å². The molecule has 0 fully saturated rings. The van der Waals surface area contributed by atoms with Crippen molar-refractivity contribution in [3.63, 3.8) is 0 Å². The van der Waals surface area contributed by atoms with Gasteiger partial charge in [-0.2, -0.15) is 0 Å². The van der Waals surface area contributed by atoms with E-state index in [4.69, 9.17) is 9.98 Å². The summed E-state index contributed by atoms with van der Waals surface area (Å²) in [7, 11) is 0. The molecular weight excluding hydrogens is 512 g/mol. The Balaban J connectivity index is 1.31. The molecule has 2 N–H and O–H groups in total. The highest BCUT2D eigenvalue weighted by atomic mass is 14.9. The van der Waals surface area contributed by atoms with Crippen molar-refractivity contribution in [3.05, 3.63) is 155 Å². The molecule has 0 aliphatic carbocycles. The molecule has 0 amide bonds. The van der Waals surface area contributed by atoms with Crippen LogP contribution in [0.2, 0.25) is 0 Å². The molecule has 9 rings (SSSR count).